The van der Waals surface area contributed by atoms with Crippen LogP contribution in [0.1, 0.15) is 23.7 Å². The molecule has 4 N–H and O–H groups in total. The zero-order valence-corrected chi connectivity index (χ0v) is 14.2. The molecule has 0 aromatic heterocycles. The average Bonchev–Trinajstić information content (AvgIpc) is 2.66. The van der Waals surface area contributed by atoms with E-state index in [0.29, 0.717) is 5.56 Å². The highest BCUT2D eigenvalue weighted by atomic mass is 16.5. The van der Waals surface area contributed by atoms with E-state index >= 15 is 0 Å². The van der Waals surface area contributed by atoms with Crippen molar-refractivity contribution in [3.8, 4) is 0 Å². The molecule has 6 nitrogen and oxygen atoms in total. The summed E-state index contributed by atoms with van der Waals surface area (Å²) in [5.41, 5.74) is 2.45. The second-order valence-corrected chi connectivity index (χ2v) is 5.66. The first-order valence-electron chi connectivity index (χ1n) is 8.18. The van der Waals surface area contributed by atoms with E-state index in [2.05, 4.69) is 10.6 Å². The van der Waals surface area contributed by atoms with Crippen LogP contribution in [0.4, 0.5) is 10.5 Å². The van der Waals surface area contributed by atoms with Crippen molar-refractivity contribution in [1.29, 1.82) is 0 Å². The number of alkyl carbamates (subject to hydrolysis) is 1. The number of carbonyl (C=O) groups is 1. The van der Waals surface area contributed by atoms with E-state index in [-0.39, 0.29) is 19.6 Å². The molecule has 2 rings (SSSR count). The minimum atomic E-state index is -1.01. The molecular formula is C19H24N2O4. The van der Waals surface area contributed by atoms with Crippen molar-refractivity contribution in [2.24, 2.45) is 0 Å². The Bertz CT molecular complexity index is 646. The Kier molecular flexibility index (Phi) is 7.25. The lowest BCUT2D eigenvalue weighted by atomic mass is 10.0. The lowest BCUT2D eigenvalue weighted by molar-refractivity contribution is 0.0136. The zero-order valence-electron chi connectivity index (χ0n) is 14.2. The highest BCUT2D eigenvalue weighted by Gasteiger charge is 2.18. The summed E-state index contributed by atoms with van der Waals surface area (Å²) in [4.78, 5) is 11.6. The van der Waals surface area contributed by atoms with E-state index in [1.54, 1.807) is 12.1 Å². The molecule has 25 heavy (non-hydrogen) atoms. The second-order valence-electron chi connectivity index (χ2n) is 5.66. The van der Waals surface area contributed by atoms with Gasteiger partial charge in [-0.25, -0.2) is 4.79 Å². The van der Waals surface area contributed by atoms with Crippen LogP contribution in [-0.2, 0) is 11.3 Å². The molecule has 2 atom stereocenters. The Morgan fingerprint density at radius 3 is 2.40 bits per heavy atom. The maximum absolute atomic E-state index is 11.6. The van der Waals surface area contributed by atoms with Crippen molar-refractivity contribution in [1.82, 2.24) is 5.32 Å². The molecule has 0 aliphatic carbocycles. The number of ether oxygens (including phenoxy) is 1. The van der Waals surface area contributed by atoms with E-state index in [4.69, 9.17) is 4.74 Å². The van der Waals surface area contributed by atoms with Crippen molar-refractivity contribution in [3.63, 3.8) is 0 Å². The molecule has 0 bridgehead atoms. The number of rotatable bonds is 8. The molecule has 0 fully saturated rings. The first-order valence-corrected chi connectivity index (χ1v) is 8.18. The number of anilines is 1. The van der Waals surface area contributed by atoms with Gasteiger partial charge in [0.2, 0.25) is 0 Å². The number of hydrogen-bond acceptors (Lipinski definition) is 5. The van der Waals surface area contributed by atoms with Gasteiger partial charge in [0.1, 0.15) is 12.7 Å². The van der Waals surface area contributed by atoms with Gasteiger partial charge in [0.15, 0.2) is 0 Å². The van der Waals surface area contributed by atoms with Crippen molar-refractivity contribution in [2.45, 2.75) is 25.2 Å². The standard InChI is InChI=1S/C19H24N2O4/c1-20-16-9-7-15(8-10-16)18(23)17(22)11-12-21-19(24)25-13-14-5-3-2-4-6-14/h2-10,17-18,20,22-23H,11-13H2,1H3,(H,21,24). The number of carbonyl (C=O) groups excluding carboxylic acids is 1. The van der Waals surface area contributed by atoms with Crippen LogP contribution in [0.5, 0.6) is 0 Å². The maximum Gasteiger partial charge on any atom is 0.407 e. The van der Waals surface area contributed by atoms with Gasteiger partial charge in [0, 0.05) is 19.3 Å². The van der Waals surface area contributed by atoms with Gasteiger partial charge in [-0.2, -0.15) is 0 Å². The Hall–Kier alpha value is -2.57. The van der Waals surface area contributed by atoms with Crippen LogP contribution in [0.15, 0.2) is 54.6 Å². The van der Waals surface area contributed by atoms with Gasteiger partial charge in [-0.3, -0.25) is 0 Å². The fourth-order valence-corrected chi connectivity index (χ4v) is 2.32. The summed E-state index contributed by atoms with van der Waals surface area (Å²) in [6, 6.07) is 16.5. The van der Waals surface area contributed by atoms with Crippen molar-refractivity contribution in [2.75, 3.05) is 18.9 Å². The van der Waals surface area contributed by atoms with Crippen LogP contribution >= 0.6 is 0 Å². The largest absolute Gasteiger partial charge is 0.445 e. The van der Waals surface area contributed by atoms with E-state index in [0.717, 1.165) is 11.3 Å². The highest BCUT2D eigenvalue weighted by Crippen LogP contribution is 2.20. The summed E-state index contributed by atoms with van der Waals surface area (Å²) in [6.45, 7) is 0.399. The number of amides is 1. The summed E-state index contributed by atoms with van der Waals surface area (Å²) < 4.78 is 5.08. The maximum atomic E-state index is 11.6. The normalized spacial score (nSPS) is 12.9. The van der Waals surface area contributed by atoms with E-state index in [9.17, 15) is 15.0 Å². The first-order chi connectivity index (χ1) is 12.1. The Labute approximate surface area is 147 Å². The number of benzene rings is 2. The third-order valence-electron chi connectivity index (χ3n) is 3.83. The lowest BCUT2D eigenvalue weighted by Crippen LogP contribution is -2.29. The minimum Gasteiger partial charge on any atom is -0.445 e. The molecule has 0 aliphatic rings. The zero-order chi connectivity index (χ0) is 18.1. The molecule has 0 radical (unpaired) electrons. The third kappa shape index (κ3) is 6.10. The van der Waals surface area contributed by atoms with Gasteiger partial charge in [-0.05, 0) is 29.7 Å². The summed E-state index contributed by atoms with van der Waals surface area (Å²) in [5.74, 6) is 0. The molecule has 1 amide bonds. The van der Waals surface area contributed by atoms with Crippen LogP contribution in [0, 0.1) is 0 Å². The van der Waals surface area contributed by atoms with Crippen LogP contribution in [0.2, 0.25) is 0 Å². The monoisotopic (exact) mass is 344 g/mol. The summed E-state index contributed by atoms with van der Waals surface area (Å²) >= 11 is 0. The molecule has 2 aromatic rings. The Balaban J connectivity index is 1.69. The van der Waals surface area contributed by atoms with Crippen LogP contribution in [0.3, 0.4) is 0 Å². The topological polar surface area (TPSA) is 90.8 Å². The molecule has 0 aliphatic heterocycles. The summed E-state index contributed by atoms with van der Waals surface area (Å²) in [6.07, 6.45) is -2.32. The van der Waals surface area contributed by atoms with Gasteiger partial charge >= 0.3 is 6.09 Å². The molecule has 2 aromatic carbocycles. The van der Waals surface area contributed by atoms with Crippen LogP contribution in [-0.4, -0.2) is 36.0 Å². The van der Waals surface area contributed by atoms with Gasteiger partial charge in [-0.15, -0.1) is 0 Å². The molecule has 0 heterocycles. The van der Waals surface area contributed by atoms with Gasteiger partial charge in [-0.1, -0.05) is 42.5 Å². The molecule has 0 saturated heterocycles. The second kappa shape index (κ2) is 9.66. The quantitative estimate of drug-likeness (QED) is 0.590. The number of hydrogen-bond donors (Lipinski definition) is 4. The summed E-state index contributed by atoms with van der Waals surface area (Å²) in [5, 5.41) is 25.8. The Morgan fingerprint density at radius 1 is 1.08 bits per heavy atom. The number of aliphatic hydroxyl groups is 2. The first kappa shape index (κ1) is 18.8. The van der Waals surface area contributed by atoms with Crippen LogP contribution < -0.4 is 10.6 Å². The molecule has 6 heteroatoms. The molecule has 2 unspecified atom stereocenters. The van der Waals surface area contributed by atoms with Crippen molar-refractivity contribution in [3.05, 3.63) is 65.7 Å². The van der Waals surface area contributed by atoms with E-state index in [1.807, 2.05) is 49.5 Å². The van der Waals surface area contributed by atoms with Crippen molar-refractivity contribution < 1.29 is 19.7 Å². The fourth-order valence-electron chi connectivity index (χ4n) is 2.32. The van der Waals surface area contributed by atoms with Crippen LogP contribution in [0.25, 0.3) is 0 Å². The number of aliphatic hydroxyl groups excluding tert-OH is 2. The van der Waals surface area contributed by atoms with Gasteiger partial charge in [0.05, 0.1) is 6.10 Å². The highest BCUT2D eigenvalue weighted by molar-refractivity contribution is 5.67. The third-order valence-corrected chi connectivity index (χ3v) is 3.83. The van der Waals surface area contributed by atoms with Gasteiger partial charge in [0.25, 0.3) is 0 Å². The van der Waals surface area contributed by atoms with E-state index < -0.39 is 18.3 Å². The van der Waals surface area contributed by atoms with Gasteiger partial charge < -0.3 is 25.6 Å². The molecular weight excluding hydrogens is 320 g/mol. The molecule has 0 saturated carbocycles. The lowest BCUT2D eigenvalue weighted by Gasteiger charge is -2.18. The SMILES string of the molecule is CNc1ccc(C(O)C(O)CCNC(=O)OCc2ccccc2)cc1. The van der Waals surface area contributed by atoms with E-state index in [1.165, 1.54) is 0 Å². The molecule has 0 spiro atoms. The molecule has 134 valence electrons. The fraction of sp³-hybridized carbons (Fsp3) is 0.316. The summed E-state index contributed by atoms with van der Waals surface area (Å²) in [7, 11) is 1.81. The predicted molar refractivity (Wildman–Crippen MR) is 96.2 cm³/mol. The van der Waals surface area contributed by atoms with Crippen molar-refractivity contribution >= 4 is 11.8 Å². The predicted octanol–water partition coefficient (Wildman–Crippen LogP) is 2.44. The Morgan fingerprint density at radius 2 is 1.76 bits per heavy atom. The average molecular weight is 344 g/mol. The smallest absolute Gasteiger partial charge is 0.407 e. The minimum absolute atomic E-state index is 0.190. The number of nitrogens with one attached hydrogen (secondary N) is 2.